The molecule has 0 spiro atoms. The van der Waals surface area contributed by atoms with Crippen LogP contribution < -0.4 is 5.73 Å². The second-order valence-corrected chi connectivity index (χ2v) is 4.61. The predicted molar refractivity (Wildman–Crippen MR) is 75.3 cm³/mol. The summed E-state index contributed by atoms with van der Waals surface area (Å²) in [4.78, 5) is 34.9. The van der Waals surface area contributed by atoms with Crippen molar-refractivity contribution in [3.8, 4) is 0 Å². The van der Waals surface area contributed by atoms with E-state index in [1.54, 1.807) is 18.2 Å². The van der Waals surface area contributed by atoms with Crippen molar-refractivity contribution in [2.75, 3.05) is 5.73 Å². The highest BCUT2D eigenvalue weighted by Gasteiger charge is 2.24. The van der Waals surface area contributed by atoms with Gasteiger partial charge in [-0.1, -0.05) is 25.5 Å². The summed E-state index contributed by atoms with van der Waals surface area (Å²) in [6.07, 6.45) is -0.0467. The Bertz CT molecular complexity index is 510. The normalized spacial score (nSPS) is 11.7. The molecule has 0 radical (unpaired) electrons. The number of benzene rings is 1. The summed E-state index contributed by atoms with van der Waals surface area (Å²) in [5, 5.41) is 0. The fraction of sp³-hybridized carbons (Fsp3) is 0.400. The average Bonchev–Trinajstić information content (AvgIpc) is 2.37. The highest BCUT2D eigenvalue weighted by molar-refractivity contribution is 6.02. The van der Waals surface area contributed by atoms with E-state index in [2.05, 4.69) is 0 Å². The number of ether oxygens (including phenoxy) is 1. The van der Waals surface area contributed by atoms with Gasteiger partial charge in [0.15, 0.2) is 11.9 Å². The molecule has 20 heavy (non-hydrogen) atoms. The fourth-order valence-corrected chi connectivity index (χ4v) is 1.78. The smallest absolute Gasteiger partial charge is 0.340 e. The molecule has 2 N–H and O–H groups in total. The molecule has 0 fully saturated rings. The van der Waals surface area contributed by atoms with Crippen LogP contribution in [-0.2, 0) is 14.3 Å². The molecule has 0 aliphatic heterocycles. The van der Waals surface area contributed by atoms with Crippen molar-refractivity contribution in [2.45, 2.75) is 39.2 Å². The van der Waals surface area contributed by atoms with Crippen molar-refractivity contribution in [2.24, 2.45) is 0 Å². The summed E-state index contributed by atoms with van der Waals surface area (Å²) in [7, 11) is 0. The maximum absolute atomic E-state index is 12.0. The standard InChI is InChI=1S/C15H19NO4/c1-3-6-14(13(18)9-10(2)17)20-15(19)11-7-4-5-8-12(11)16/h4-5,7-8,14H,3,6,9,16H2,1-2H3. The number of carbonyl (C=O) groups excluding carboxylic acids is 3. The fourth-order valence-electron chi connectivity index (χ4n) is 1.78. The second-order valence-electron chi connectivity index (χ2n) is 4.61. The number of nitrogens with two attached hydrogens (primary N) is 1. The van der Waals surface area contributed by atoms with E-state index in [0.29, 0.717) is 18.5 Å². The number of carbonyl (C=O) groups is 3. The molecular weight excluding hydrogens is 258 g/mol. The molecular formula is C15H19NO4. The number of hydrogen-bond donors (Lipinski definition) is 1. The first kappa shape index (κ1) is 15.9. The van der Waals surface area contributed by atoms with E-state index in [-0.39, 0.29) is 23.6 Å². The maximum Gasteiger partial charge on any atom is 0.340 e. The van der Waals surface area contributed by atoms with Crippen LogP contribution in [0.1, 0.15) is 43.5 Å². The minimum absolute atomic E-state index is 0.220. The van der Waals surface area contributed by atoms with Gasteiger partial charge >= 0.3 is 5.97 Å². The van der Waals surface area contributed by atoms with Gasteiger partial charge in [0.25, 0.3) is 0 Å². The molecule has 0 aliphatic carbocycles. The number of rotatable bonds is 7. The van der Waals surface area contributed by atoms with E-state index in [4.69, 9.17) is 10.5 Å². The van der Waals surface area contributed by atoms with Crippen molar-refractivity contribution < 1.29 is 19.1 Å². The van der Waals surface area contributed by atoms with Crippen molar-refractivity contribution in [3.05, 3.63) is 29.8 Å². The summed E-state index contributed by atoms with van der Waals surface area (Å²) >= 11 is 0. The molecule has 1 unspecified atom stereocenters. The summed E-state index contributed by atoms with van der Waals surface area (Å²) in [6.45, 7) is 3.21. The molecule has 0 aromatic heterocycles. The zero-order chi connectivity index (χ0) is 15.1. The van der Waals surface area contributed by atoms with Gasteiger partial charge in [0.1, 0.15) is 5.78 Å². The van der Waals surface area contributed by atoms with Gasteiger partial charge in [-0.25, -0.2) is 4.79 Å². The zero-order valence-electron chi connectivity index (χ0n) is 11.7. The van der Waals surface area contributed by atoms with Crippen LogP contribution in [0.5, 0.6) is 0 Å². The van der Waals surface area contributed by atoms with Crippen molar-refractivity contribution in [1.82, 2.24) is 0 Å². The molecule has 1 atom stereocenters. The van der Waals surface area contributed by atoms with Crippen LogP contribution in [0, 0.1) is 0 Å². The monoisotopic (exact) mass is 277 g/mol. The van der Waals surface area contributed by atoms with Gasteiger partial charge < -0.3 is 10.5 Å². The minimum atomic E-state index is -0.893. The molecule has 108 valence electrons. The Labute approximate surface area is 118 Å². The van der Waals surface area contributed by atoms with E-state index in [0.717, 1.165) is 0 Å². The molecule has 1 aromatic carbocycles. The lowest BCUT2D eigenvalue weighted by atomic mass is 10.1. The summed E-state index contributed by atoms with van der Waals surface area (Å²) in [5.41, 5.74) is 6.21. The number of para-hydroxylation sites is 1. The molecule has 0 bridgehead atoms. The van der Waals surface area contributed by atoms with Crippen LogP contribution in [-0.4, -0.2) is 23.6 Å². The van der Waals surface area contributed by atoms with Gasteiger partial charge in [-0.3, -0.25) is 9.59 Å². The van der Waals surface area contributed by atoms with Gasteiger partial charge in [0.2, 0.25) is 0 Å². The Morgan fingerprint density at radius 2 is 1.90 bits per heavy atom. The molecule has 0 amide bonds. The largest absolute Gasteiger partial charge is 0.451 e. The van der Waals surface area contributed by atoms with Gasteiger partial charge in [0, 0.05) is 5.69 Å². The Morgan fingerprint density at radius 3 is 2.45 bits per heavy atom. The van der Waals surface area contributed by atoms with E-state index >= 15 is 0 Å². The highest BCUT2D eigenvalue weighted by Crippen LogP contribution is 2.15. The lowest BCUT2D eigenvalue weighted by Gasteiger charge is -2.16. The first-order valence-corrected chi connectivity index (χ1v) is 6.53. The lowest BCUT2D eigenvalue weighted by molar-refractivity contribution is -0.132. The van der Waals surface area contributed by atoms with Crippen LogP contribution in [0.25, 0.3) is 0 Å². The van der Waals surface area contributed by atoms with Crippen LogP contribution in [0.4, 0.5) is 5.69 Å². The van der Waals surface area contributed by atoms with E-state index in [1.807, 2.05) is 6.92 Å². The number of nitrogen functional groups attached to an aromatic ring is 1. The molecule has 5 nitrogen and oxygen atoms in total. The molecule has 0 aliphatic rings. The number of hydrogen-bond acceptors (Lipinski definition) is 5. The predicted octanol–water partition coefficient (Wildman–Crippen LogP) is 2.14. The van der Waals surface area contributed by atoms with Gasteiger partial charge in [-0.05, 0) is 25.5 Å². The molecule has 1 rings (SSSR count). The number of ketones is 2. The van der Waals surface area contributed by atoms with E-state index < -0.39 is 12.1 Å². The van der Waals surface area contributed by atoms with Crippen molar-refractivity contribution >= 4 is 23.2 Å². The van der Waals surface area contributed by atoms with Gasteiger partial charge in [-0.15, -0.1) is 0 Å². The third kappa shape index (κ3) is 4.50. The van der Waals surface area contributed by atoms with Crippen molar-refractivity contribution in [3.63, 3.8) is 0 Å². The molecule has 1 aromatic rings. The summed E-state index contributed by atoms with van der Waals surface area (Å²) < 4.78 is 5.20. The number of Topliss-reactive ketones (excluding diaryl/α,β-unsaturated/α-hetero) is 2. The van der Waals surface area contributed by atoms with Crippen LogP contribution in [0.15, 0.2) is 24.3 Å². The zero-order valence-corrected chi connectivity index (χ0v) is 11.7. The molecule has 0 heterocycles. The first-order valence-electron chi connectivity index (χ1n) is 6.53. The van der Waals surface area contributed by atoms with E-state index in [9.17, 15) is 14.4 Å². The summed E-state index contributed by atoms with van der Waals surface area (Å²) in [5.74, 6) is -1.26. The van der Waals surface area contributed by atoms with Crippen molar-refractivity contribution in [1.29, 1.82) is 0 Å². The number of esters is 1. The van der Waals surface area contributed by atoms with E-state index in [1.165, 1.54) is 13.0 Å². The molecule has 5 heteroatoms. The Hall–Kier alpha value is -2.17. The van der Waals surface area contributed by atoms with Crippen LogP contribution in [0.3, 0.4) is 0 Å². The molecule has 0 saturated heterocycles. The second kappa shape index (κ2) is 7.43. The topological polar surface area (TPSA) is 86.5 Å². The highest BCUT2D eigenvalue weighted by atomic mass is 16.5. The van der Waals surface area contributed by atoms with Gasteiger partial charge in [0.05, 0.1) is 12.0 Å². The lowest BCUT2D eigenvalue weighted by Crippen LogP contribution is -2.28. The Kier molecular flexibility index (Phi) is 5.90. The summed E-state index contributed by atoms with van der Waals surface area (Å²) in [6, 6.07) is 6.49. The average molecular weight is 277 g/mol. The third-order valence-corrected chi connectivity index (χ3v) is 2.76. The number of anilines is 1. The quantitative estimate of drug-likeness (QED) is 0.469. The Morgan fingerprint density at radius 1 is 1.25 bits per heavy atom. The Balaban J connectivity index is 2.80. The van der Waals surface area contributed by atoms with Gasteiger partial charge in [-0.2, -0.15) is 0 Å². The first-order chi connectivity index (χ1) is 9.45. The minimum Gasteiger partial charge on any atom is -0.451 e. The van der Waals surface area contributed by atoms with Crippen LogP contribution in [0.2, 0.25) is 0 Å². The maximum atomic E-state index is 12.0. The van der Waals surface area contributed by atoms with Crippen LogP contribution >= 0.6 is 0 Å². The third-order valence-electron chi connectivity index (χ3n) is 2.76. The SMILES string of the molecule is CCCC(OC(=O)c1ccccc1N)C(=O)CC(C)=O. The molecule has 0 saturated carbocycles.